The quantitative estimate of drug-likeness (QED) is 0.698. The highest BCUT2D eigenvalue weighted by atomic mass is 35.5. The third-order valence-electron chi connectivity index (χ3n) is 4.69. The highest BCUT2D eigenvalue weighted by molar-refractivity contribution is 8.00. The van der Waals surface area contributed by atoms with Gasteiger partial charge in [-0.2, -0.15) is 0 Å². The smallest absolute Gasteiger partial charge is 0.257 e. The molecule has 0 bridgehead atoms. The number of para-hydroxylation sites is 1. The Bertz CT molecular complexity index is 971. The zero-order valence-corrected chi connectivity index (χ0v) is 18.2. The first kappa shape index (κ1) is 21.2. The van der Waals surface area contributed by atoms with Gasteiger partial charge in [0.2, 0.25) is 10.0 Å². The molecule has 0 saturated heterocycles. The van der Waals surface area contributed by atoms with Crippen molar-refractivity contribution < 1.29 is 13.2 Å². The van der Waals surface area contributed by atoms with E-state index in [0.717, 1.165) is 9.20 Å². The summed E-state index contributed by atoms with van der Waals surface area (Å²) in [4.78, 5) is 13.9. The molecule has 1 fully saturated rings. The fourth-order valence-corrected chi connectivity index (χ4v) is 5.56. The second-order valence-corrected chi connectivity index (χ2v) is 10.8. The third kappa shape index (κ3) is 4.71. The van der Waals surface area contributed by atoms with Crippen LogP contribution in [0.3, 0.4) is 0 Å². The monoisotopic (exact) mass is 438 g/mol. The molecule has 8 heteroatoms. The molecule has 5 nitrogen and oxygen atoms in total. The first-order valence-corrected chi connectivity index (χ1v) is 11.8. The Kier molecular flexibility index (Phi) is 6.70. The molecule has 1 N–H and O–H groups in total. The average molecular weight is 439 g/mol. The summed E-state index contributed by atoms with van der Waals surface area (Å²) in [6.07, 6.45) is 4.86. The zero-order chi connectivity index (χ0) is 20.3. The van der Waals surface area contributed by atoms with Crippen molar-refractivity contribution >= 4 is 45.0 Å². The van der Waals surface area contributed by atoms with Crippen LogP contribution in [0, 0.1) is 0 Å². The van der Waals surface area contributed by atoms with E-state index in [1.54, 1.807) is 11.8 Å². The van der Waals surface area contributed by atoms with Gasteiger partial charge in [-0.25, -0.2) is 12.7 Å². The topological polar surface area (TPSA) is 66.5 Å². The fraction of sp³-hybridized carbons (Fsp3) is 0.350. The van der Waals surface area contributed by atoms with Crippen LogP contribution in [-0.2, 0) is 10.0 Å². The Labute approximate surface area is 175 Å². The van der Waals surface area contributed by atoms with Crippen LogP contribution in [0.1, 0.15) is 36.0 Å². The van der Waals surface area contributed by atoms with Crippen molar-refractivity contribution in [1.82, 2.24) is 4.31 Å². The fourth-order valence-electron chi connectivity index (χ4n) is 3.10. The number of rotatable bonds is 6. The maximum absolute atomic E-state index is 12.9. The van der Waals surface area contributed by atoms with E-state index in [9.17, 15) is 13.2 Å². The molecular formula is C20H23ClN2O3S2. The number of hydrogen-bond donors (Lipinski definition) is 1. The summed E-state index contributed by atoms with van der Waals surface area (Å²) in [6.45, 7) is 0. The van der Waals surface area contributed by atoms with Crippen LogP contribution < -0.4 is 5.32 Å². The number of nitrogens with zero attached hydrogens (tertiary/aromatic N) is 1. The average Bonchev–Trinajstić information content (AvgIpc) is 3.16. The van der Waals surface area contributed by atoms with Gasteiger partial charge >= 0.3 is 0 Å². The van der Waals surface area contributed by atoms with Gasteiger partial charge < -0.3 is 5.32 Å². The number of thioether (sulfide) groups is 1. The number of halogens is 1. The van der Waals surface area contributed by atoms with Gasteiger partial charge in [0.25, 0.3) is 5.91 Å². The standard InChI is InChI=1S/C20H23ClN2O3S2/c1-23(2)28(25,26)15-11-12-17(21)16(13-15)20(24)22-18-9-5-6-10-19(18)27-14-7-3-4-8-14/h5-6,9-14H,3-4,7-8H2,1-2H3,(H,22,24). The molecule has 1 aliphatic carbocycles. The molecule has 1 aliphatic rings. The number of carbonyl (C=O) groups is 1. The van der Waals surface area contributed by atoms with E-state index >= 15 is 0 Å². The number of hydrogen-bond acceptors (Lipinski definition) is 4. The highest BCUT2D eigenvalue weighted by Gasteiger charge is 2.22. The normalized spacial score (nSPS) is 15.1. The van der Waals surface area contributed by atoms with Crippen LogP contribution in [-0.4, -0.2) is 38.0 Å². The lowest BCUT2D eigenvalue weighted by Gasteiger charge is -2.15. The van der Waals surface area contributed by atoms with Gasteiger partial charge in [-0.1, -0.05) is 36.6 Å². The molecule has 28 heavy (non-hydrogen) atoms. The highest BCUT2D eigenvalue weighted by Crippen LogP contribution is 2.38. The lowest BCUT2D eigenvalue weighted by molar-refractivity contribution is 0.102. The summed E-state index contributed by atoms with van der Waals surface area (Å²) in [5, 5.41) is 3.67. The maximum atomic E-state index is 12.9. The van der Waals surface area contributed by atoms with Crippen LogP contribution in [0.25, 0.3) is 0 Å². The SMILES string of the molecule is CN(C)S(=O)(=O)c1ccc(Cl)c(C(=O)Nc2ccccc2SC2CCCC2)c1. The predicted molar refractivity (Wildman–Crippen MR) is 115 cm³/mol. The van der Waals surface area contributed by atoms with E-state index in [4.69, 9.17) is 11.6 Å². The summed E-state index contributed by atoms with van der Waals surface area (Å²) in [7, 11) is -0.767. The van der Waals surface area contributed by atoms with Crippen molar-refractivity contribution in [2.45, 2.75) is 40.7 Å². The Morgan fingerprint density at radius 2 is 1.82 bits per heavy atom. The molecule has 0 heterocycles. The number of carbonyl (C=O) groups excluding carboxylic acids is 1. The first-order valence-electron chi connectivity index (χ1n) is 9.08. The van der Waals surface area contributed by atoms with Crippen molar-refractivity contribution in [2.75, 3.05) is 19.4 Å². The minimum Gasteiger partial charge on any atom is -0.321 e. The lowest BCUT2D eigenvalue weighted by Crippen LogP contribution is -2.23. The molecule has 0 radical (unpaired) electrons. The lowest BCUT2D eigenvalue weighted by atomic mass is 10.2. The molecule has 0 spiro atoms. The Balaban J connectivity index is 1.86. The summed E-state index contributed by atoms with van der Waals surface area (Å²) >= 11 is 7.97. The molecule has 1 amide bonds. The van der Waals surface area contributed by atoms with E-state index < -0.39 is 15.9 Å². The number of amides is 1. The molecule has 150 valence electrons. The van der Waals surface area contributed by atoms with Crippen molar-refractivity contribution in [2.24, 2.45) is 0 Å². The van der Waals surface area contributed by atoms with Crippen molar-refractivity contribution in [3.8, 4) is 0 Å². The summed E-state index contributed by atoms with van der Waals surface area (Å²) in [5.41, 5.74) is 0.839. The van der Waals surface area contributed by atoms with E-state index in [-0.39, 0.29) is 15.5 Å². The molecule has 1 saturated carbocycles. The maximum Gasteiger partial charge on any atom is 0.257 e. The van der Waals surface area contributed by atoms with Crippen LogP contribution in [0.15, 0.2) is 52.3 Å². The molecule has 0 aromatic heterocycles. The van der Waals surface area contributed by atoms with Gasteiger partial charge in [0.1, 0.15) is 0 Å². The minimum absolute atomic E-state index is 0.0284. The van der Waals surface area contributed by atoms with Gasteiger partial charge in [-0.05, 0) is 43.2 Å². The Hall–Kier alpha value is -1.54. The van der Waals surface area contributed by atoms with E-state index in [1.807, 2.05) is 24.3 Å². The number of sulfonamides is 1. The van der Waals surface area contributed by atoms with E-state index in [2.05, 4.69) is 5.32 Å². The second kappa shape index (κ2) is 8.86. The number of nitrogens with one attached hydrogen (secondary N) is 1. The van der Waals surface area contributed by atoms with Crippen molar-refractivity contribution in [3.63, 3.8) is 0 Å². The van der Waals surface area contributed by atoms with Crippen LogP contribution in [0.2, 0.25) is 5.02 Å². The first-order chi connectivity index (χ1) is 13.3. The van der Waals surface area contributed by atoms with Gasteiger partial charge in [0.15, 0.2) is 0 Å². The van der Waals surface area contributed by atoms with Gasteiger partial charge in [-0.15, -0.1) is 11.8 Å². The summed E-state index contributed by atoms with van der Waals surface area (Å²) in [5.74, 6) is -0.430. The number of benzene rings is 2. The van der Waals surface area contributed by atoms with Gasteiger partial charge in [-0.3, -0.25) is 4.79 Å². The molecule has 3 rings (SSSR count). The van der Waals surface area contributed by atoms with Crippen LogP contribution in [0.4, 0.5) is 5.69 Å². The molecule has 0 atom stereocenters. The Morgan fingerprint density at radius 1 is 1.14 bits per heavy atom. The van der Waals surface area contributed by atoms with Crippen LogP contribution in [0.5, 0.6) is 0 Å². The largest absolute Gasteiger partial charge is 0.321 e. The van der Waals surface area contributed by atoms with E-state index in [0.29, 0.717) is 10.9 Å². The summed E-state index contributed by atoms with van der Waals surface area (Å²) < 4.78 is 25.8. The van der Waals surface area contributed by atoms with Crippen LogP contribution >= 0.6 is 23.4 Å². The van der Waals surface area contributed by atoms with Gasteiger partial charge in [0, 0.05) is 24.2 Å². The third-order valence-corrected chi connectivity index (χ3v) is 8.25. The Morgan fingerprint density at radius 3 is 2.50 bits per heavy atom. The molecule has 2 aromatic carbocycles. The van der Waals surface area contributed by atoms with Crippen molar-refractivity contribution in [1.29, 1.82) is 0 Å². The van der Waals surface area contributed by atoms with Crippen molar-refractivity contribution in [3.05, 3.63) is 53.1 Å². The van der Waals surface area contributed by atoms with Gasteiger partial charge in [0.05, 0.1) is 21.2 Å². The molecule has 0 aliphatic heterocycles. The molecular weight excluding hydrogens is 416 g/mol. The minimum atomic E-state index is -3.66. The molecule has 0 unspecified atom stereocenters. The number of anilines is 1. The second-order valence-electron chi connectivity index (χ2n) is 6.90. The molecule has 2 aromatic rings. The van der Waals surface area contributed by atoms with E-state index in [1.165, 1.54) is 58.0 Å². The summed E-state index contributed by atoms with van der Waals surface area (Å²) in [6, 6.07) is 11.8. The predicted octanol–water partition coefficient (Wildman–Crippen LogP) is 4.88. The zero-order valence-electron chi connectivity index (χ0n) is 15.8.